The van der Waals surface area contributed by atoms with E-state index in [9.17, 15) is 4.79 Å². The molecule has 4 aliphatic carbocycles. The van der Waals surface area contributed by atoms with Gasteiger partial charge in [0.05, 0.1) is 5.56 Å². The molecule has 0 bridgehead atoms. The lowest BCUT2D eigenvalue weighted by Gasteiger charge is -2.61. The third kappa shape index (κ3) is 4.69. The fourth-order valence-corrected chi connectivity index (χ4v) is 11.2. The van der Waals surface area contributed by atoms with Crippen molar-refractivity contribution in [1.29, 1.82) is 0 Å². The second kappa shape index (κ2) is 10.7. The molecule has 0 amide bonds. The predicted octanol–water partition coefficient (Wildman–Crippen LogP) is 9.86. The van der Waals surface area contributed by atoms with Gasteiger partial charge in [0.2, 0.25) is 0 Å². The molecule has 4 aliphatic rings. The molecule has 0 radical (unpaired) electrons. The smallest absolute Gasteiger partial charge is 0.338 e. The van der Waals surface area contributed by atoms with Gasteiger partial charge in [0.15, 0.2) is 0 Å². The summed E-state index contributed by atoms with van der Waals surface area (Å²) in [5.74, 6) is 5.01. The highest BCUT2D eigenvalue weighted by Crippen LogP contribution is 2.69. The predicted molar refractivity (Wildman–Crippen MR) is 166 cm³/mol. The van der Waals surface area contributed by atoms with E-state index in [1.807, 2.05) is 42.1 Å². The van der Waals surface area contributed by atoms with Crippen molar-refractivity contribution < 1.29 is 9.53 Å². The van der Waals surface area contributed by atoms with E-state index in [4.69, 9.17) is 4.74 Å². The van der Waals surface area contributed by atoms with Crippen molar-refractivity contribution in [1.82, 2.24) is 0 Å². The number of carbonyl (C=O) groups excluding carboxylic acids is 1. The largest absolute Gasteiger partial charge is 0.458 e. The van der Waals surface area contributed by atoms with E-state index in [0.717, 1.165) is 42.4 Å². The van der Waals surface area contributed by atoms with Gasteiger partial charge in [-0.3, -0.25) is 0 Å². The Balaban J connectivity index is 1.18. The van der Waals surface area contributed by atoms with Crippen LogP contribution in [0.5, 0.6) is 0 Å². The Morgan fingerprint density at radius 3 is 2.33 bits per heavy atom. The van der Waals surface area contributed by atoms with Crippen LogP contribution in [0.2, 0.25) is 0 Å². The van der Waals surface area contributed by atoms with E-state index < -0.39 is 0 Å². The first kappa shape index (κ1) is 28.1. The van der Waals surface area contributed by atoms with E-state index in [1.54, 1.807) is 5.57 Å². The SMILES string of the molecule is C[C@H](CSc1ccccc1)[C@@H]1CC[C@H]2[C@@H]3CC=C4C(C)(C)[C@@H](OC(=O)c5ccccc5)CC[C@@]4(C)[C@H]3CC[C@@]21C. The molecule has 2 aromatic rings. The Morgan fingerprint density at radius 1 is 0.900 bits per heavy atom. The summed E-state index contributed by atoms with van der Waals surface area (Å²) in [6.45, 7) is 12.4. The number of benzene rings is 2. The molecule has 0 unspecified atom stereocenters. The maximum absolute atomic E-state index is 13.0. The monoisotopic (exact) mass is 556 g/mol. The summed E-state index contributed by atoms with van der Waals surface area (Å²) in [5.41, 5.74) is 2.78. The number of allylic oxidation sites excluding steroid dienone is 1. The molecule has 2 aromatic carbocycles. The molecule has 0 aliphatic heterocycles. The Labute approximate surface area is 246 Å². The van der Waals surface area contributed by atoms with Crippen LogP contribution in [0.25, 0.3) is 0 Å². The standard InChI is InChI=1S/C37H48O2S/c1-25(24-40-27-14-10-7-11-15-27)29-17-18-30-28-16-19-32-35(2,3)33(39-34(38)26-12-8-6-9-13-26)21-23-37(32,5)31(28)20-22-36(29,30)4/h6-15,19,25,28-31,33H,16-18,20-24H2,1-5H3/t25-,28+,29+,30+,31+,33+,36-,37+/m1/s1. The molecule has 0 N–H and O–H groups in total. The summed E-state index contributed by atoms with van der Waals surface area (Å²) in [6, 6.07) is 20.5. The quantitative estimate of drug-likeness (QED) is 0.201. The summed E-state index contributed by atoms with van der Waals surface area (Å²) in [4.78, 5) is 14.4. The lowest BCUT2D eigenvalue weighted by atomic mass is 9.44. The van der Waals surface area contributed by atoms with Crippen molar-refractivity contribution >= 4 is 17.7 Å². The average Bonchev–Trinajstić information content (AvgIpc) is 3.31. The van der Waals surface area contributed by atoms with Gasteiger partial charge in [-0.05, 0) is 110 Å². The molecular weight excluding hydrogens is 508 g/mol. The van der Waals surface area contributed by atoms with Crippen molar-refractivity contribution in [2.24, 2.45) is 45.8 Å². The second-order valence-electron chi connectivity index (χ2n) is 14.5. The number of ether oxygens (including phenoxy) is 1. The normalized spacial score (nSPS) is 36.9. The molecule has 3 heteroatoms. The van der Waals surface area contributed by atoms with Gasteiger partial charge in [-0.1, -0.05) is 82.7 Å². The molecule has 8 atom stereocenters. The minimum Gasteiger partial charge on any atom is -0.458 e. The third-order valence-electron chi connectivity index (χ3n) is 12.2. The highest BCUT2D eigenvalue weighted by molar-refractivity contribution is 7.99. The number of thioether (sulfide) groups is 1. The van der Waals surface area contributed by atoms with Crippen molar-refractivity contribution in [2.45, 2.75) is 90.6 Å². The van der Waals surface area contributed by atoms with Gasteiger partial charge in [-0.2, -0.15) is 0 Å². The highest BCUT2D eigenvalue weighted by atomic mass is 32.2. The summed E-state index contributed by atoms with van der Waals surface area (Å²) in [5, 5.41) is 0. The molecule has 0 saturated heterocycles. The minimum absolute atomic E-state index is 0.0660. The number of hydrogen-bond acceptors (Lipinski definition) is 3. The molecule has 3 saturated carbocycles. The maximum atomic E-state index is 13.0. The van der Waals surface area contributed by atoms with Crippen molar-refractivity contribution in [3.63, 3.8) is 0 Å². The number of fused-ring (bicyclic) bond motifs is 5. The van der Waals surface area contributed by atoms with E-state index >= 15 is 0 Å². The van der Waals surface area contributed by atoms with Crippen LogP contribution in [-0.2, 0) is 4.74 Å². The molecular formula is C37H48O2S. The number of hydrogen-bond donors (Lipinski definition) is 0. The minimum atomic E-state index is -0.179. The zero-order valence-corrected chi connectivity index (χ0v) is 26.0. The first-order valence-corrected chi connectivity index (χ1v) is 16.8. The number of carbonyl (C=O) groups is 1. The molecule has 0 spiro atoms. The molecule has 6 rings (SSSR count). The van der Waals surface area contributed by atoms with Crippen molar-refractivity contribution in [3.05, 3.63) is 77.9 Å². The second-order valence-corrected chi connectivity index (χ2v) is 15.6. The molecule has 2 nitrogen and oxygen atoms in total. The molecule has 0 aromatic heterocycles. The average molecular weight is 557 g/mol. The van der Waals surface area contributed by atoms with Crippen LogP contribution in [0.15, 0.2) is 77.2 Å². The van der Waals surface area contributed by atoms with E-state index in [-0.39, 0.29) is 22.9 Å². The lowest BCUT2D eigenvalue weighted by Crippen LogP contribution is -2.55. The van der Waals surface area contributed by atoms with Crippen LogP contribution in [0, 0.1) is 45.8 Å². The first-order chi connectivity index (χ1) is 19.1. The lowest BCUT2D eigenvalue weighted by molar-refractivity contribution is -0.0818. The highest BCUT2D eigenvalue weighted by Gasteiger charge is 2.61. The summed E-state index contributed by atoms with van der Waals surface area (Å²) < 4.78 is 6.22. The fourth-order valence-electron chi connectivity index (χ4n) is 10.2. The molecule has 0 heterocycles. The van der Waals surface area contributed by atoms with Gasteiger partial charge in [-0.15, -0.1) is 11.8 Å². The van der Waals surface area contributed by atoms with E-state index in [1.165, 1.54) is 42.8 Å². The van der Waals surface area contributed by atoms with Crippen LogP contribution < -0.4 is 0 Å². The van der Waals surface area contributed by atoms with Gasteiger partial charge in [-0.25, -0.2) is 4.79 Å². The van der Waals surface area contributed by atoms with Crippen LogP contribution in [-0.4, -0.2) is 17.8 Å². The van der Waals surface area contributed by atoms with Crippen LogP contribution >= 0.6 is 11.8 Å². The topological polar surface area (TPSA) is 26.3 Å². The summed E-state index contributed by atoms with van der Waals surface area (Å²) in [7, 11) is 0. The van der Waals surface area contributed by atoms with Gasteiger partial charge >= 0.3 is 5.97 Å². The van der Waals surface area contributed by atoms with Crippen LogP contribution in [0.4, 0.5) is 0 Å². The zero-order valence-electron chi connectivity index (χ0n) is 25.2. The van der Waals surface area contributed by atoms with Crippen molar-refractivity contribution in [2.75, 3.05) is 5.75 Å². The Bertz CT molecular complexity index is 1240. The Hall–Kier alpha value is -2.00. The number of rotatable bonds is 6. The summed E-state index contributed by atoms with van der Waals surface area (Å²) >= 11 is 2.05. The van der Waals surface area contributed by atoms with Gasteiger partial charge in [0.1, 0.15) is 6.10 Å². The summed E-state index contributed by atoms with van der Waals surface area (Å²) in [6.07, 6.45) is 11.4. The zero-order chi connectivity index (χ0) is 28.1. The number of esters is 1. The first-order valence-electron chi connectivity index (χ1n) is 15.8. The van der Waals surface area contributed by atoms with E-state index in [2.05, 4.69) is 71.0 Å². The van der Waals surface area contributed by atoms with Gasteiger partial charge < -0.3 is 4.74 Å². The molecule has 3 fully saturated rings. The van der Waals surface area contributed by atoms with Gasteiger partial charge in [0, 0.05) is 16.1 Å². The fraction of sp³-hybridized carbons (Fsp3) is 0.595. The van der Waals surface area contributed by atoms with E-state index in [0.29, 0.717) is 11.0 Å². The van der Waals surface area contributed by atoms with Crippen LogP contribution in [0.1, 0.15) is 89.9 Å². The van der Waals surface area contributed by atoms with Crippen molar-refractivity contribution in [3.8, 4) is 0 Å². The molecule has 40 heavy (non-hydrogen) atoms. The Kier molecular flexibility index (Phi) is 7.51. The van der Waals surface area contributed by atoms with Gasteiger partial charge in [0.25, 0.3) is 0 Å². The van der Waals surface area contributed by atoms with Crippen LogP contribution in [0.3, 0.4) is 0 Å². The third-order valence-corrected chi connectivity index (χ3v) is 13.5. The molecule has 214 valence electrons. The Morgan fingerprint density at radius 2 is 1.60 bits per heavy atom. The maximum Gasteiger partial charge on any atom is 0.338 e.